The van der Waals surface area contributed by atoms with Crippen LogP contribution in [-0.4, -0.2) is 34.5 Å². The van der Waals surface area contributed by atoms with Crippen LogP contribution in [0.4, 0.5) is 36.7 Å². The molecule has 1 unspecified atom stereocenters. The topological polar surface area (TPSA) is 46.1 Å². The zero-order valence-corrected chi connectivity index (χ0v) is 22.9. The van der Waals surface area contributed by atoms with Crippen LogP contribution in [0.5, 0.6) is 0 Å². The minimum absolute atomic E-state index is 0.0973. The average molecular weight is 629 g/mol. The summed E-state index contributed by atoms with van der Waals surface area (Å²) in [6.07, 6.45) is -7.31. The monoisotopic (exact) mass is 627 g/mol. The number of halogens is 10. The van der Waals surface area contributed by atoms with E-state index in [1.807, 2.05) is 0 Å². The Morgan fingerprint density at radius 2 is 1.55 bits per heavy atom. The van der Waals surface area contributed by atoms with E-state index in [0.29, 0.717) is 0 Å². The van der Waals surface area contributed by atoms with Gasteiger partial charge in [-0.2, -0.15) is 26.3 Å². The number of alkyl halides is 6. The number of carbonyl (C=O) groups excluding carboxylic acids is 1. The number of anilines is 1. The van der Waals surface area contributed by atoms with E-state index in [9.17, 15) is 31.1 Å². The Morgan fingerprint density at radius 1 is 0.975 bits per heavy atom. The van der Waals surface area contributed by atoms with Gasteiger partial charge in [0.15, 0.2) is 5.78 Å². The fourth-order valence-corrected chi connectivity index (χ4v) is 4.32. The molecule has 1 heterocycles. The highest BCUT2D eigenvalue weighted by Crippen LogP contribution is 2.43. The van der Waals surface area contributed by atoms with Gasteiger partial charge in [-0.3, -0.25) is 4.79 Å². The molecule has 0 bridgehead atoms. The normalized spacial score (nSPS) is 13.5. The molecule has 0 radical (unpaired) electrons. The molecule has 2 aromatic carbocycles. The molecule has 0 aliphatic heterocycles. The quantitative estimate of drug-likeness (QED) is 0.142. The molecule has 0 saturated heterocycles. The molecule has 1 atom stereocenters. The molecule has 40 heavy (non-hydrogen) atoms. The SMILES string of the molecule is CC(C)N(CC(=O)c1ccc(/C(F)=C/C(c2cc(Cl)c(Cl)c(Cl)c2)C(F)(F)F)cc1C(F)(F)F)c1ncccn1. The van der Waals surface area contributed by atoms with Crippen molar-refractivity contribution in [3.05, 3.63) is 92.2 Å². The molecule has 3 rings (SSSR count). The molecule has 0 amide bonds. The van der Waals surface area contributed by atoms with Crippen LogP contribution in [-0.2, 0) is 6.18 Å². The molecule has 14 heteroatoms. The van der Waals surface area contributed by atoms with Gasteiger partial charge >= 0.3 is 12.4 Å². The van der Waals surface area contributed by atoms with Gasteiger partial charge in [-0.15, -0.1) is 0 Å². The van der Waals surface area contributed by atoms with E-state index >= 15 is 4.39 Å². The van der Waals surface area contributed by atoms with E-state index in [2.05, 4.69) is 9.97 Å². The number of hydrogen-bond donors (Lipinski definition) is 0. The number of hydrogen-bond acceptors (Lipinski definition) is 4. The predicted octanol–water partition coefficient (Wildman–Crippen LogP) is 9.21. The van der Waals surface area contributed by atoms with Gasteiger partial charge in [0.2, 0.25) is 5.95 Å². The first-order chi connectivity index (χ1) is 18.5. The fourth-order valence-electron chi connectivity index (χ4n) is 3.71. The maximum absolute atomic E-state index is 15.1. The van der Waals surface area contributed by atoms with Crippen LogP contribution in [0, 0.1) is 0 Å². The van der Waals surface area contributed by atoms with Crippen LogP contribution >= 0.6 is 34.8 Å². The van der Waals surface area contributed by atoms with Crippen LogP contribution < -0.4 is 4.90 Å². The summed E-state index contributed by atoms with van der Waals surface area (Å²) < 4.78 is 98.5. The number of nitrogens with zero attached hydrogens (tertiary/aromatic N) is 3. The van der Waals surface area contributed by atoms with Crippen molar-refractivity contribution in [1.82, 2.24) is 9.97 Å². The lowest BCUT2D eigenvalue weighted by Gasteiger charge is -2.26. The van der Waals surface area contributed by atoms with Gasteiger partial charge in [0, 0.05) is 29.6 Å². The summed E-state index contributed by atoms with van der Waals surface area (Å²) >= 11 is 17.4. The maximum atomic E-state index is 15.1. The number of ketones is 1. The van der Waals surface area contributed by atoms with Gasteiger partial charge < -0.3 is 4.90 Å². The number of allylic oxidation sites excluding steroid dienone is 1. The van der Waals surface area contributed by atoms with Crippen molar-refractivity contribution >= 4 is 52.4 Å². The molecule has 0 spiro atoms. The molecule has 0 aliphatic carbocycles. The third-order valence-electron chi connectivity index (χ3n) is 5.68. The van der Waals surface area contributed by atoms with E-state index in [1.165, 1.54) is 23.4 Å². The van der Waals surface area contributed by atoms with Gasteiger partial charge in [0.05, 0.1) is 27.2 Å². The Kier molecular flexibility index (Phi) is 9.74. The Bertz CT molecular complexity index is 1390. The van der Waals surface area contributed by atoms with E-state index < -0.39 is 58.7 Å². The van der Waals surface area contributed by atoms with Crippen molar-refractivity contribution in [2.45, 2.75) is 38.2 Å². The molecule has 0 N–H and O–H groups in total. The van der Waals surface area contributed by atoms with Crippen molar-refractivity contribution in [2.24, 2.45) is 0 Å². The lowest BCUT2D eigenvalue weighted by Crippen LogP contribution is -2.37. The number of carbonyl (C=O) groups is 1. The molecule has 0 saturated carbocycles. The average Bonchev–Trinajstić information content (AvgIpc) is 2.87. The Morgan fingerprint density at radius 3 is 2.05 bits per heavy atom. The second kappa shape index (κ2) is 12.3. The maximum Gasteiger partial charge on any atom is 0.417 e. The van der Waals surface area contributed by atoms with Gasteiger partial charge in [0.1, 0.15) is 11.7 Å². The van der Waals surface area contributed by atoms with Gasteiger partial charge in [-0.05, 0) is 49.8 Å². The zero-order chi connectivity index (χ0) is 30.0. The molecule has 0 fully saturated rings. The van der Waals surface area contributed by atoms with Gasteiger partial charge in [-0.1, -0.05) is 46.9 Å². The highest BCUT2D eigenvalue weighted by molar-refractivity contribution is 6.48. The number of Topliss-reactive ketones (excluding diaryl/α,β-unsaturated/α-hetero) is 1. The van der Waals surface area contributed by atoms with Crippen LogP contribution in [0.2, 0.25) is 15.1 Å². The first-order valence-electron chi connectivity index (χ1n) is 11.4. The van der Waals surface area contributed by atoms with Crippen LogP contribution in [0.25, 0.3) is 5.83 Å². The van der Waals surface area contributed by atoms with Crippen LogP contribution in [0.1, 0.15) is 46.8 Å². The molecular weight excluding hydrogens is 610 g/mol. The summed E-state index contributed by atoms with van der Waals surface area (Å²) in [7, 11) is 0. The zero-order valence-electron chi connectivity index (χ0n) is 20.6. The third kappa shape index (κ3) is 7.44. The fraction of sp³-hybridized carbons (Fsp3) is 0.269. The summed E-state index contributed by atoms with van der Waals surface area (Å²) in [5, 5.41) is -0.876. The van der Waals surface area contributed by atoms with E-state index in [1.54, 1.807) is 13.8 Å². The van der Waals surface area contributed by atoms with E-state index in [4.69, 9.17) is 34.8 Å². The lowest BCUT2D eigenvalue weighted by atomic mass is 9.95. The van der Waals surface area contributed by atoms with Gasteiger partial charge in [0.25, 0.3) is 0 Å². The molecule has 214 valence electrons. The summed E-state index contributed by atoms with van der Waals surface area (Å²) in [5.41, 5.74) is -3.72. The summed E-state index contributed by atoms with van der Waals surface area (Å²) in [5.74, 6) is -5.12. The number of aromatic nitrogens is 2. The lowest BCUT2D eigenvalue weighted by molar-refractivity contribution is -0.140. The number of benzene rings is 2. The van der Waals surface area contributed by atoms with Crippen molar-refractivity contribution in [3.8, 4) is 0 Å². The predicted molar refractivity (Wildman–Crippen MR) is 140 cm³/mol. The number of rotatable bonds is 8. The summed E-state index contributed by atoms with van der Waals surface area (Å²) in [6.45, 7) is 2.81. The molecule has 4 nitrogen and oxygen atoms in total. The van der Waals surface area contributed by atoms with Crippen molar-refractivity contribution in [3.63, 3.8) is 0 Å². The van der Waals surface area contributed by atoms with E-state index in [0.717, 1.165) is 24.3 Å². The second-order valence-electron chi connectivity index (χ2n) is 8.78. The standard InChI is InChI=1S/C26H19Cl3F7N3O/c1-13(2)39(24-37-6-3-7-38-24)12-22(40)16-5-4-14(8-18(16)26(34,35)36)21(30)11-17(25(31,32)33)15-9-19(27)23(29)20(28)10-15/h3-11,13,17H,12H2,1-2H3/b21-11-. The van der Waals surface area contributed by atoms with Gasteiger partial charge in [-0.25, -0.2) is 14.4 Å². The Hall–Kier alpha value is -2.89. The van der Waals surface area contributed by atoms with Crippen molar-refractivity contribution in [1.29, 1.82) is 0 Å². The van der Waals surface area contributed by atoms with E-state index in [-0.39, 0.29) is 39.2 Å². The Labute approximate surface area is 239 Å². The highest BCUT2D eigenvalue weighted by atomic mass is 35.5. The van der Waals surface area contributed by atoms with Crippen LogP contribution in [0.15, 0.2) is 54.9 Å². The first kappa shape index (κ1) is 31.6. The smallest absolute Gasteiger partial charge is 0.331 e. The highest BCUT2D eigenvalue weighted by Gasteiger charge is 2.41. The molecule has 1 aromatic heterocycles. The molecule has 3 aromatic rings. The largest absolute Gasteiger partial charge is 0.417 e. The minimum Gasteiger partial charge on any atom is -0.331 e. The molecular formula is C26H19Cl3F7N3O. The Balaban J connectivity index is 2.04. The summed E-state index contributed by atoms with van der Waals surface area (Å²) in [6, 6.07) is 4.60. The third-order valence-corrected chi connectivity index (χ3v) is 6.88. The van der Waals surface area contributed by atoms with Crippen molar-refractivity contribution in [2.75, 3.05) is 11.4 Å². The van der Waals surface area contributed by atoms with Crippen molar-refractivity contribution < 1.29 is 35.5 Å². The minimum atomic E-state index is -5.13. The molecule has 0 aliphatic rings. The van der Waals surface area contributed by atoms with Crippen LogP contribution in [0.3, 0.4) is 0 Å². The summed E-state index contributed by atoms with van der Waals surface area (Å²) in [4.78, 5) is 22.4. The first-order valence-corrected chi connectivity index (χ1v) is 12.5. The second-order valence-corrected chi connectivity index (χ2v) is 9.98.